The lowest BCUT2D eigenvalue weighted by Gasteiger charge is -2.48. The Morgan fingerprint density at radius 3 is 2.81 bits per heavy atom. The van der Waals surface area contributed by atoms with Gasteiger partial charge in [-0.2, -0.15) is 0 Å². The summed E-state index contributed by atoms with van der Waals surface area (Å²) in [6, 6.07) is 1.23. The highest BCUT2D eigenvalue weighted by molar-refractivity contribution is 6.30. The molecule has 2 aliphatic rings. The zero-order chi connectivity index (χ0) is 11.1. The highest BCUT2D eigenvalue weighted by Crippen LogP contribution is 2.39. The summed E-state index contributed by atoms with van der Waals surface area (Å²) in [7, 11) is 0. The topological polar surface area (TPSA) is 34.1 Å². The molecule has 1 N–H and O–H groups in total. The summed E-state index contributed by atoms with van der Waals surface area (Å²) in [4.78, 5) is 3.88. The van der Waals surface area contributed by atoms with Gasteiger partial charge in [-0.05, 0) is 12.5 Å². The predicted octanol–water partition coefficient (Wildman–Crippen LogP) is 1.86. The lowest BCUT2D eigenvalue weighted by atomic mass is 9.69. The number of nitrogens with one attached hydrogen (secondary N) is 1. The summed E-state index contributed by atoms with van der Waals surface area (Å²) < 4.78 is 19.1. The van der Waals surface area contributed by atoms with Crippen molar-refractivity contribution in [3.05, 3.63) is 23.1 Å². The Balaban J connectivity index is 1.74. The molecule has 2 fully saturated rings. The second-order valence-corrected chi connectivity index (χ2v) is 4.87. The van der Waals surface area contributed by atoms with Gasteiger partial charge < -0.3 is 10.1 Å². The first-order valence-corrected chi connectivity index (χ1v) is 5.80. The number of nitrogens with zero attached hydrogens (tertiary/aromatic N) is 1. The fraction of sp³-hybridized carbons (Fsp3) is 0.545. The maximum absolute atomic E-state index is 13.5. The van der Waals surface area contributed by atoms with Crippen molar-refractivity contribution in [2.24, 2.45) is 11.8 Å². The molecule has 86 valence electrons. The number of ether oxygens (including phenoxy) is 1. The first-order chi connectivity index (χ1) is 7.74. The molecule has 0 spiro atoms. The van der Waals surface area contributed by atoms with Gasteiger partial charge in [-0.15, -0.1) is 0 Å². The van der Waals surface area contributed by atoms with Gasteiger partial charge in [-0.3, -0.25) is 0 Å². The zero-order valence-corrected chi connectivity index (χ0v) is 9.38. The van der Waals surface area contributed by atoms with Gasteiger partial charge in [0, 0.05) is 31.1 Å². The van der Waals surface area contributed by atoms with E-state index in [1.807, 2.05) is 0 Å². The SMILES string of the molecule is Fc1cc(Cl)cnc1OC1[C@@H]2CNC[C@H]1C2. The number of fused-ring (bicyclic) bond motifs is 2. The number of halogens is 2. The van der Waals surface area contributed by atoms with E-state index in [9.17, 15) is 4.39 Å². The third kappa shape index (κ3) is 1.66. The zero-order valence-electron chi connectivity index (χ0n) is 8.62. The number of piperidine rings is 2. The van der Waals surface area contributed by atoms with Crippen LogP contribution in [0.25, 0.3) is 0 Å². The lowest BCUT2D eigenvalue weighted by molar-refractivity contribution is -0.0490. The Bertz CT molecular complexity index is 401. The molecular formula is C11H12ClFN2O. The molecule has 0 aromatic carbocycles. The molecular weight excluding hydrogens is 231 g/mol. The summed E-state index contributed by atoms with van der Waals surface area (Å²) >= 11 is 5.63. The first kappa shape index (κ1) is 10.3. The summed E-state index contributed by atoms with van der Waals surface area (Å²) in [6.07, 6.45) is 2.70. The van der Waals surface area contributed by atoms with Gasteiger partial charge in [-0.1, -0.05) is 11.6 Å². The van der Waals surface area contributed by atoms with E-state index in [4.69, 9.17) is 16.3 Å². The lowest BCUT2D eigenvalue weighted by Crippen LogP contribution is -2.59. The van der Waals surface area contributed by atoms with Crippen LogP contribution in [0.1, 0.15) is 6.42 Å². The van der Waals surface area contributed by atoms with Gasteiger partial charge >= 0.3 is 0 Å². The van der Waals surface area contributed by atoms with Crippen LogP contribution in [-0.2, 0) is 0 Å². The van der Waals surface area contributed by atoms with Gasteiger partial charge in [-0.25, -0.2) is 9.37 Å². The highest BCUT2D eigenvalue weighted by Gasteiger charge is 2.46. The molecule has 1 saturated heterocycles. The van der Waals surface area contributed by atoms with Crippen LogP contribution < -0.4 is 10.1 Å². The third-order valence-corrected chi connectivity index (χ3v) is 3.58. The molecule has 1 aliphatic carbocycles. The van der Waals surface area contributed by atoms with Crippen molar-refractivity contribution in [3.8, 4) is 5.88 Å². The van der Waals surface area contributed by atoms with E-state index in [2.05, 4.69) is 10.3 Å². The molecule has 3 rings (SSSR count). The highest BCUT2D eigenvalue weighted by atomic mass is 35.5. The van der Waals surface area contributed by atoms with Crippen molar-refractivity contribution in [2.75, 3.05) is 13.1 Å². The summed E-state index contributed by atoms with van der Waals surface area (Å²) in [5, 5.41) is 3.60. The average Bonchev–Trinajstić information content (AvgIpc) is 2.28. The smallest absolute Gasteiger partial charge is 0.250 e. The van der Waals surface area contributed by atoms with Crippen LogP contribution in [0.4, 0.5) is 4.39 Å². The molecule has 1 aromatic heterocycles. The third-order valence-electron chi connectivity index (χ3n) is 3.37. The number of rotatable bonds is 2. The van der Waals surface area contributed by atoms with Crippen LogP contribution >= 0.6 is 11.6 Å². The number of hydrogen-bond donors (Lipinski definition) is 1. The predicted molar refractivity (Wildman–Crippen MR) is 58.1 cm³/mol. The largest absolute Gasteiger partial charge is 0.472 e. The molecule has 2 heterocycles. The van der Waals surface area contributed by atoms with E-state index in [-0.39, 0.29) is 12.0 Å². The molecule has 5 heteroatoms. The van der Waals surface area contributed by atoms with Gasteiger partial charge in [0.1, 0.15) is 6.10 Å². The molecule has 1 saturated carbocycles. The van der Waals surface area contributed by atoms with E-state index in [0.717, 1.165) is 13.1 Å². The van der Waals surface area contributed by atoms with E-state index in [0.29, 0.717) is 16.9 Å². The van der Waals surface area contributed by atoms with E-state index >= 15 is 0 Å². The first-order valence-electron chi connectivity index (χ1n) is 5.42. The Kier molecular flexibility index (Phi) is 2.48. The summed E-state index contributed by atoms with van der Waals surface area (Å²) in [5.74, 6) is 0.586. The molecule has 3 atom stereocenters. The number of hydrogen-bond acceptors (Lipinski definition) is 3. The standard InChI is InChI=1S/C11H12ClFN2O/c12-8-2-9(13)11(15-5-8)16-10-6-1-7(10)4-14-3-6/h2,5-7,10,14H,1,3-4H2/t6-,7+,10?. The Hall–Kier alpha value is -0.870. The van der Waals surface area contributed by atoms with Crippen LogP contribution in [0.2, 0.25) is 5.02 Å². The maximum Gasteiger partial charge on any atom is 0.250 e. The van der Waals surface area contributed by atoms with E-state index in [1.165, 1.54) is 18.7 Å². The molecule has 1 aliphatic heterocycles. The number of aromatic nitrogens is 1. The minimum Gasteiger partial charge on any atom is -0.472 e. The molecule has 1 unspecified atom stereocenters. The minimum absolute atomic E-state index is 0.0750. The Labute approximate surface area is 98.0 Å². The van der Waals surface area contributed by atoms with Crippen molar-refractivity contribution >= 4 is 11.6 Å². The summed E-state index contributed by atoms with van der Waals surface area (Å²) in [6.45, 7) is 1.91. The average molecular weight is 243 g/mol. The molecule has 2 bridgehead atoms. The monoisotopic (exact) mass is 242 g/mol. The van der Waals surface area contributed by atoms with Gasteiger partial charge in [0.2, 0.25) is 0 Å². The second-order valence-electron chi connectivity index (χ2n) is 4.44. The van der Waals surface area contributed by atoms with Crippen molar-refractivity contribution < 1.29 is 9.13 Å². The van der Waals surface area contributed by atoms with Crippen LogP contribution in [0.15, 0.2) is 12.3 Å². The fourth-order valence-electron chi connectivity index (χ4n) is 2.51. The molecule has 16 heavy (non-hydrogen) atoms. The second kappa shape index (κ2) is 3.86. The van der Waals surface area contributed by atoms with Crippen LogP contribution in [-0.4, -0.2) is 24.2 Å². The minimum atomic E-state index is -0.481. The van der Waals surface area contributed by atoms with Crippen molar-refractivity contribution in [2.45, 2.75) is 12.5 Å². The Morgan fingerprint density at radius 1 is 1.44 bits per heavy atom. The summed E-state index contributed by atoms with van der Waals surface area (Å²) in [5.41, 5.74) is 0. The van der Waals surface area contributed by atoms with Crippen LogP contribution in [0.3, 0.4) is 0 Å². The van der Waals surface area contributed by atoms with Crippen molar-refractivity contribution in [1.82, 2.24) is 10.3 Å². The molecule has 0 amide bonds. The molecule has 0 radical (unpaired) electrons. The fourth-order valence-corrected chi connectivity index (χ4v) is 2.65. The van der Waals surface area contributed by atoms with Gasteiger partial charge in [0.05, 0.1) is 5.02 Å². The normalized spacial score (nSPS) is 32.0. The van der Waals surface area contributed by atoms with E-state index in [1.54, 1.807) is 0 Å². The van der Waals surface area contributed by atoms with Crippen LogP contribution in [0, 0.1) is 17.7 Å². The van der Waals surface area contributed by atoms with Gasteiger partial charge in [0.15, 0.2) is 5.82 Å². The maximum atomic E-state index is 13.5. The van der Waals surface area contributed by atoms with E-state index < -0.39 is 5.82 Å². The molecule has 3 nitrogen and oxygen atoms in total. The van der Waals surface area contributed by atoms with Crippen molar-refractivity contribution in [3.63, 3.8) is 0 Å². The molecule has 1 aromatic rings. The van der Waals surface area contributed by atoms with Crippen LogP contribution in [0.5, 0.6) is 5.88 Å². The Morgan fingerprint density at radius 2 is 2.19 bits per heavy atom. The van der Waals surface area contributed by atoms with Gasteiger partial charge in [0.25, 0.3) is 5.88 Å². The number of pyridine rings is 1. The quantitative estimate of drug-likeness (QED) is 0.860. The van der Waals surface area contributed by atoms with Crippen molar-refractivity contribution in [1.29, 1.82) is 0 Å².